The molecule has 0 N–H and O–H groups in total. The maximum Gasteiger partial charge on any atom is 0.141 e. The van der Waals surface area contributed by atoms with Gasteiger partial charge in [-0.3, -0.25) is 0 Å². The number of hydrogen-bond acceptors (Lipinski definition) is 2. The van der Waals surface area contributed by atoms with Crippen molar-refractivity contribution in [3.63, 3.8) is 0 Å². The van der Waals surface area contributed by atoms with Crippen LogP contribution in [0.15, 0.2) is 42.5 Å². The summed E-state index contributed by atoms with van der Waals surface area (Å²) in [6.45, 7) is 3.51. The van der Waals surface area contributed by atoms with E-state index in [1.807, 2.05) is 30.3 Å². The van der Waals surface area contributed by atoms with Gasteiger partial charge in [0.25, 0.3) is 0 Å². The van der Waals surface area contributed by atoms with E-state index in [0.29, 0.717) is 11.6 Å². The predicted molar refractivity (Wildman–Crippen MR) is 86.8 cm³/mol. The summed E-state index contributed by atoms with van der Waals surface area (Å²) in [6, 6.07) is 14.1. The number of halogens is 1. The normalized spacial score (nSPS) is 11.2. The first-order valence-electron chi connectivity index (χ1n) is 6.91. The summed E-state index contributed by atoms with van der Waals surface area (Å²) >= 11 is 6.09. The van der Waals surface area contributed by atoms with Gasteiger partial charge in [0.05, 0.1) is 17.6 Å². The molecule has 0 aliphatic carbocycles. The lowest BCUT2D eigenvalue weighted by Gasteiger charge is -2.10. The third kappa shape index (κ3) is 2.67. The molecule has 0 radical (unpaired) electrons. The van der Waals surface area contributed by atoms with Crippen molar-refractivity contribution in [3.8, 4) is 11.4 Å². The van der Waals surface area contributed by atoms with Gasteiger partial charge in [0.1, 0.15) is 5.82 Å². The van der Waals surface area contributed by atoms with Crippen molar-refractivity contribution < 1.29 is 4.74 Å². The molecule has 21 heavy (non-hydrogen) atoms. The molecule has 0 unspecified atom stereocenters. The zero-order valence-electron chi connectivity index (χ0n) is 12.1. The molecule has 0 aliphatic rings. The Morgan fingerprint density at radius 3 is 2.76 bits per heavy atom. The molecule has 3 rings (SSSR count). The Hall–Kier alpha value is -1.84. The molecular weight excluding hydrogens is 284 g/mol. The number of aryl methyl sites for hydroxylation is 1. The molecule has 0 amide bonds. The van der Waals surface area contributed by atoms with Crippen molar-refractivity contribution >= 4 is 22.6 Å². The molecule has 1 heterocycles. The summed E-state index contributed by atoms with van der Waals surface area (Å²) in [5.41, 5.74) is 4.34. The SMILES string of the molecule is COCCn1c(-c2ccccc2C)nc2cc(Cl)ccc21. The molecule has 4 heteroatoms. The standard InChI is InChI=1S/C17H17ClN2O/c1-12-5-3-4-6-14(12)17-19-15-11-13(18)7-8-16(15)20(17)9-10-21-2/h3-8,11H,9-10H2,1-2H3. The molecule has 0 bridgehead atoms. The third-order valence-electron chi connectivity index (χ3n) is 3.62. The molecule has 1 aromatic heterocycles. The first kappa shape index (κ1) is 14.1. The smallest absolute Gasteiger partial charge is 0.141 e. The minimum Gasteiger partial charge on any atom is -0.383 e. The molecule has 0 saturated carbocycles. The van der Waals surface area contributed by atoms with Crippen molar-refractivity contribution in [2.75, 3.05) is 13.7 Å². The molecule has 108 valence electrons. The Morgan fingerprint density at radius 2 is 2.00 bits per heavy atom. The van der Waals surface area contributed by atoms with Crippen LogP contribution in [0.4, 0.5) is 0 Å². The number of hydrogen-bond donors (Lipinski definition) is 0. The van der Waals surface area contributed by atoms with Crippen LogP contribution in [-0.4, -0.2) is 23.3 Å². The van der Waals surface area contributed by atoms with Gasteiger partial charge in [-0.2, -0.15) is 0 Å². The van der Waals surface area contributed by atoms with Gasteiger partial charge in [-0.1, -0.05) is 35.9 Å². The van der Waals surface area contributed by atoms with Crippen molar-refractivity contribution in [3.05, 3.63) is 53.1 Å². The first-order valence-corrected chi connectivity index (χ1v) is 7.29. The van der Waals surface area contributed by atoms with Gasteiger partial charge in [-0.05, 0) is 30.7 Å². The number of ether oxygens (including phenoxy) is 1. The minimum atomic E-state index is 0.646. The number of methoxy groups -OCH3 is 1. The van der Waals surface area contributed by atoms with Crippen LogP contribution in [0.2, 0.25) is 5.02 Å². The van der Waals surface area contributed by atoms with E-state index in [1.165, 1.54) is 5.56 Å². The molecule has 3 aromatic rings. The van der Waals surface area contributed by atoms with E-state index < -0.39 is 0 Å². The number of fused-ring (bicyclic) bond motifs is 1. The van der Waals surface area contributed by atoms with Crippen LogP contribution in [-0.2, 0) is 11.3 Å². The summed E-state index contributed by atoms with van der Waals surface area (Å²) in [4.78, 5) is 4.78. The highest BCUT2D eigenvalue weighted by molar-refractivity contribution is 6.31. The monoisotopic (exact) mass is 300 g/mol. The largest absolute Gasteiger partial charge is 0.383 e. The van der Waals surface area contributed by atoms with Gasteiger partial charge in [0, 0.05) is 24.2 Å². The fourth-order valence-electron chi connectivity index (χ4n) is 2.54. The van der Waals surface area contributed by atoms with Crippen LogP contribution in [0.3, 0.4) is 0 Å². The number of rotatable bonds is 4. The van der Waals surface area contributed by atoms with Gasteiger partial charge in [-0.25, -0.2) is 4.98 Å². The molecular formula is C17H17ClN2O. The van der Waals surface area contributed by atoms with E-state index in [0.717, 1.165) is 29.0 Å². The fraction of sp³-hybridized carbons (Fsp3) is 0.235. The van der Waals surface area contributed by atoms with Crippen molar-refractivity contribution in [2.24, 2.45) is 0 Å². The second-order valence-electron chi connectivity index (χ2n) is 5.03. The van der Waals surface area contributed by atoms with E-state index in [1.54, 1.807) is 7.11 Å². The summed E-state index contributed by atoms with van der Waals surface area (Å²) in [7, 11) is 1.71. The summed E-state index contributed by atoms with van der Waals surface area (Å²) < 4.78 is 7.43. The Labute approximate surface area is 129 Å². The van der Waals surface area contributed by atoms with Crippen molar-refractivity contribution in [1.82, 2.24) is 9.55 Å². The van der Waals surface area contributed by atoms with Crippen LogP contribution in [0, 0.1) is 6.92 Å². The van der Waals surface area contributed by atoms with Crippen molar-refractivity contribution in [1.29, 1.82) is 0 Å². The quantitative estimate of drug-likeness (QED) is 0.718. The highest BCUT2D eigenvalue weighted by atomic mass is 35.5. The Morgan fingerprint density at radius 1 is 1.19 bits per heavy atom. The van der Waals surface area contributed by atoms with E-state index in [-0.39, 0.29) is 0 Å². The van der Waals surface area contributed by atoms with Crippen LogP contribution in [0.1, 0.15) is 5.56 Å². The minimum absolute atomic E-state index is 0.646. The molecule has 2 aromatic carbocycles. The van der Waals surface area contributed by atoms with Gasteiger partial charge in [0.15, 0.2) is 0 Å². The lowest BCUT2D eigenvalue weighted by atomic mass is 10.1. The lowest BCUT2D eigenvalue weighted by molar-refractivity contribution is 0.188. The molecule has 0 atom stereocenters. The molecule has 0 saturated heterocycles. The fourth-order valence-corrected chi connectivity index (χ4v) is 2.71. The number of imidazole rings is 1. The second-order valence-corrected chi connectivity index (χ2v) is 5.46. The Bertz CT molecular complexity index is 780. The average molecular weight is 301 g/mol. The second kappa shape index (κ2) is 5.88. The zero-order valence-corrected chi connectivity index (χ0v) is 12.9. The zero-order chi connectivity index (χ0) is 14.8. The topological polar surface area (TPSA) is 27.1 Å². The number of nitrogens with zero attached hydrogens (tertiary/aromatic N) is 2. The molecule has 3 nitrogen and oxygen atoms in total. The Kier molecular flexibility index (Phi) is 3.95. The summed E-state index contributed by atoms with van der Waals surface area (Å²) in [6.07, 6.45) is 0. The van der Waals surface area contributed by atoms with Crippen LogP contribution in [0.5, 0.6) is 0 Å². The third-order valence-corrected chi connectivity index (χ3v) is 3.85. The number of benzene rings is 2. The van der Waals surface area contributed by atoms with Crippen LogP contribution >= 0.6 is 11.6 Å². The van der Waals surface area contributed by atoms with E-state index in [2.05, 4.69) is 23.6 Å². The summed E-state index contributed by atoms with van der Waals surface area (Å²) in [5, 5.41) is 0.704. The molecule has 0 spiro atoms. The first-order chi connectivity index (χ1) is 10.2. The van der Waals surface area contributed by atoms with E-state index in [4.69, 9.17) is 21.3 Å². The predicted octanol–water partition coefficient (Wildman–Crippen LogP) is 4.31. The van der Waals surface area contributed by atoms with Gasteiger partial charge < -0.3 is 9.30 Å². The van der Waals surface area contributed by atoms with E-state index in [9.17, 15) is 0 Å². The highest BCUT2D eigenvalue weighted by Gasteiger charge is 2.14. The van der Waals surface area contributed by atoms with Crippen LogP contribution < -0.4 is 0 Å². The lowest BCUT2D eigenvalue weighted by Crippen LogP contribution is -2.06. The molecule has 0 fully saturated rings. The maximum atomic E-state index is 6.09. The number of aromatic nitrogens is 2. The van der Waals surface area contributed by atoms with Gasteiger partial charge in [-0.15, -0.1) is 0 Å². The molecule has 0 aliphatic heterocycles. The summed E-state index contributed by atoms with van der Waals surface area (Å²) in [5.74, 6) is 0.961. The van der Waals surface area contributed by atoms with Gasteiger partial charge in [0.2, 0.25) is 0 Å². The van der Waals surface area contributed by atoms with Crippen LogP contribution in [0.25, 0.3) is 22.4 Å². The highest BCUT2D eigenvalue weighted by Crippen LogP contribution is 2.28. The van der Waals surface area contributed by atoms with E-state index >= 15 is 0 Å². The Balaban J connectivity index is 2.23. The average Bonchev–Trinajstić information content (AvgIpc) is 2.83. The van der Waals surface area contributed by atoms with Crippen molar-refractivity contribution in [2.45, 2.75) is 13.5 Å². The maximum absolute atomic E-state index is 6.09. The van der Waals surface area contributed by atoms with Gasteiger partial charge >= 0.3 is 0 Å².